The number of aromatic nitrogens is 2. The first kappa shape index (κ1) is 23.3. The number of methoxy groups -OCH3 is 2. The van der Waals surface area contributed by atoms with Crippen molar-refractivity contribution in [1.29, 1.82) is 0 Å². The number of carbonyl (C=O) groups excluding carboxylic acids is 1. The van der Waals surface area contributed by atoms with Gasteiger partial charge in [-0.1, -0.05) is 18.2 Å². The molecule has 0 aliphatic carbocycles. The average Bonchev–Trinajstić information content (AvgIpc) is 3.17. The zero-order chi connectivity index (χ0) is 21.0. The van der Waals surface area contributed by atoms with E-state index < -0.39 is 5.54 Å². The van der Waals surface area contributed by atoms with Crippen molar-refractivity contribution >= 4 is 18.3 Å². The number of ether oxygens (including phenoxy) is 2. The third-order valence-electron chi connectivity index (χ3n) is 4.34. The molecule has 2 aromatic carbocycles. The van der Waals surface area contributed by atoms with Gasteiger partial charge in [0.2, 0.25) is 0 Å². The fraction of sp³-hybridized carbons (Fsp3) is 0.273. The highest BCUT2D eigenvalue weighted by atomic mass is 35.5. The lowest BCUT2D eigenvalue weighted by Crippen LogP contribution is -2.45. The summed E-state index contributed by atoms with van der Waals surface area (Å²) in [6.45, 7) is 4.06. The molecule has 0 bridgehead atoms. The van der Waals surface area contributed by atoms with Crippen LogP contribution in [0.4, 0.5) is 0 Å². The molecule has 0 saturated carbocycles. The van der Waals surface area contributed by atoms with Crippen LogP contribution in [0, 0.1) is 0 Å². The molecule has 30 heavy (non-hydrogen) atoms. The van der Waals surface area contributed by atoms with Gasteiger partial charge >= 0.3 is 0 Å². The third-order valence-corrected chi connectivity index (χ3v) is 4.34. The molecule has 8 heteroatoms. The van der Waals surface area contributed by atoms with Gasteiger partial charge in [-0.3, -0.25) is 4.79 Å². The van der Waals surface area contributed by atoms with Gasteiger partial charge < -0.3 is 20.5 Å². The Morgan fingerprint density at radius 3 is 2.37 bits per heavy atom. The van der Waals surface area contributed by atoms with Gasteiger partial charge in [0.05, 0.1) is 25.5 Å². The topological polar surface area (TPSA) is 91.4 Å². The summed E-state index contributed by atoms with van der Waals surface area (Å²) in [5, 5.41) is 7.57. The molecule has 0 unspecified atom stereocenters. The molecule has 3 aromatic rings. The van der Waals surface area contributed by atoms with E-state index in [2.05, 4.69) is 10.4 Å². The minimum atomic E-state index is -0.519. The van der Waals surface area contributed by atoms with Crippen molar-refractivity contribution < 1.29 is 14.3 Å². The van der Waals surface area contributed by atoms with E-state index in [0.717, 1.165) is 11.3 Å². The Morgan fingerprint density at radius 2 is 1.77 bits per heavy atom. The molecule has 160 valence electrons. The Kier molecular flexibility index (Phi) is 7.48. The summed E-state index contributed by atoms with van der Waals surface area (Å²) in [5.74, 6) is 0.929. The minimum Gasteiger partial charge on any atom is -0.493 e. The SMILES string of the molecule is COc1ccc(-c2nn(-c3ccccc3)cc2C(=O)NCC(C)(C)N)cc1OC.Cl. The first-order valence-electron chi connectivity index (χ1n) is 9.27. The summed E-state index contributed by atoms with van der Waals surface area (Å²) in [6.07, 6.45) is 1.72. The zero-order valence-electron chi connectivity index (χ0n) is 17.5. The quantitative estimate of drug-likeness (QED) is 0.599. The fourth-order valence-electron chi connectivity index (χ4n) is 2.85. The van der Waals surface area contributed by atoms with E-state index in [9.17, 15) is 4.79 Å². The van der Waals surface area contributed by atoms with Gasteiger partial charge in [-0.05, 0) is 44.2 Å². The molecule has 1 amide bonds. The number of nitrogens with one attached hydrogen (secondary N) is 1. The predicted octanol–water partition coefficient (Wildman–Crippen LogP) is 3.45. The van der Waals surface area contributed by atoms with E-state index >= 15 is 0 Å². The molecule has 0 fully saturated rings. The van der Waals surface area contributed by atoms with Crippen molar-refractivity contribution in [2.24, 2.45) is 5.73 Å². The number of hydrogen-bond acceptors (Lipinski definition) is 5. The molecule has 0 spiro atoms. The number of amides is 1. The molecule has 1 heterocycles. The predicted molar refractivity (Wildman–Crippen MR) is 120 cm³/mol. The number of carbonyl (C=O) groups is 1. The summed E-state index contributed by atoms with van der Waals surface area (Å²) in [7, 11) is 3.15. The van der Waals surface area contributed by atoms with E-state index in [-0.39, 0.29) is 18.3 Å². The van der Waals surface area contributed by atoms with E-state index in [1.165, 1.54) is 0 Å². The lowest BCUT2D eigenvalue weighted by molar-refractivity contribution is 0.0946. The molecule has 7 nitrogen and oxygen atoms in total. The molecular weight excluding hydrogens is 404 g/mol. The summed E-state index contributed by atoms with van der Waals surface area (Å²) >= 11 is 0. The van der Waals surface area contributed by atoms with Crippen molar-refractivity contribution in [3.63, 3.8) is 0 Å². The lowest BCUT2D eigenvalue weighted by atomic mass is 10.1. The lowest BCUT2D eigenvalue weighted by Gasteiger charge is -2.18. The first-order valence-corrected chi connectivity index (χ1v) is 9.27. The maximum atomic E-state index is 12.9. The van der Waals surface area contributed by atoms with Crippen LogP contribution in [0.25, 0.3) is 16.9 Å². The van der Waals surface area contributed by atoms with E-state index in [1.807, 2.05) is 50.2 Å². The van der Waals surface area contributed by atoms with Crippen LogP contribution in [0.3, 0.4) is 0 Å². The minimum absolute atomic E-state index is 0. The second-order valence-corrected chi connectivity index (χ2v) is 7.41. The molecule has 0 aliphatic heterocycles. The van der Waals surface area contributed by atoms with Crippen LogP contribution in [0.1, 0.15) is 24.2 Å². The second kappa shape index (κ2) is 9.65. The molecule has 0 aliphatic rings. The summed E-state index contributed by atoms with van der Waals surface area (Å²) in [5.41, 5.74) is 8.08. The van der Waals surface area contributed by atoms with Crippen LogP contribution in [-0.4, -0.2) is 42.0 Å². The zero-order valence-corrected chi connectivity index (χ0v) is 18.3. The van der Waals surface area contributed by atoms with Crippen molar-refractivity contribution in [2.45, 2.75) is 19.4 Å². The Balaban J connectivity index is 0.00000320. The Morgan fingerprint density at radius 1 is 1.10 bits per heavy atom. The van der Waals surface area contributed by atoms with Gasteiger partial charge in [0, 0.05) is 23.8 Å². The van der Waals surface area contributed by atoms with E-state index in [1.54, 1.807) is 37.2 Å². The van der Waals surface area contributed by atoms with Gasteiger partial charge in [-0.25, -0.2) is 4.68 Å². The average molecular weight is 431 g/mol. The standard InChI is InChI=1S/C22H26N4O3.ClH/c1-22(2,23)14-24-21(27)17-13-26(16-8-6-5-7-9-16)25-20(17)15-10-11-18(28-3)19(12-15)29-4;/h5-13H,14,23H2,1-4H3,(H,24,27);1H. The fourth-order valence-corrected chi connectivity index (χ4v) is 2.85. The molecule has 1 aromatic heterocycles. The van der Waals surface area contributed by atoms with Crippen LogP contribution in [-0.2, 0) is 0 Å². The number of hydrogen-bond donors (Lipinski definition) is 2. The normalized spacial score (nSPS) is 10.8. The smallest absolute Gasteiger partial charge is 0.255 e. The highest BCUT2D eigenvalue weighted by molar-refractivity contribution is 6.00. The number of rotatable bonds is 7. The Hall–Kier alpha value is -3.03. The molecule has 0 atom stereocenters. The van der Waals surface area contributed by atoms with Crippen molar-refractivity contribution in [1.82, 2.24) is 15.1 Å². The molecule has 0 radical (unpaired) electrons. The van der Waals surface area contributed by atoms with E-state index in [0.29, 0.717) is 29.3 Å². The third kappa shape index (κ3) is 5.31. The van der Waals surface area contributed by atoms with Gasteiger partial charge in [0.15, 0.2) is 11.5 Å². The Bertz CT molecular complexity index is 997. The number of nitrogens with zero attached hydrogens (tertiary/aromatic N) is 2. The molecule has 0 saturated heterocycles. The van der Waals surface area contributed by atoms with Crippen LogP contribution in [0.2, 0.25) is 0 Å². The molecule has 3 N–H and O–H groups in total. The largest absolute Gasteiger partial charge is 0.493 e. The number of nitrogens with two attached hydrogens (primary N) is 1. The maximum absolute atomic E-state index is 12.9. The Labute approximate surface area is 182 Å². The van der Waals surface area contributed by atoms with E-state index in [4.69, 9.17) is 15.2 Å². The second-order valence-electron chi connectivity index (χ2n) is 7.41. The number of benzene rings is 2. The summed E-state index contributed by atoms with van der Waals surface area (Å²) in [4.78, 5) is 12.9. The van der Waals surface area contributed by atoms with Crippen LogP contribution in [0.5, 0.6) is 11.5 Å². The first-order chi connectivity index (χ1) is 13.8. The highest BCUT2D eigenvalue weighted by Crippen LogP contribution is 2.33. The number of para-hydroxylation sites is 1. The van der Waals surface area contributed by atoms with Crippen molar-refractivity contribution in [2.75, 3.05) is 20.8 Å². The number of halogens is 1. The van der Waals surface area contributed by atoms with Gasteiger partial charge in [0.25, 0.3) is 5.91 Å². The molecule has 3 rings (SSSR count). The van der Waals surface area contributed by atoms with Crippen LogP contribution < -0.4 is 20.5 Å². The van der Waals surface area contributed by atoms with Crippen LogP contribution in [0.15, 0.2) is 54.7 Å². The van der Waals surface area contributed by atoms with Crippen molar-refractivity contribution in [3.8, 4) is 28.4 Å². The van der Waals surface area contributed by atoms with Crippen LogP contribution >= 0.6 is 12.4 Å². The highest BCUT2D eigenvalue weighted by Gasteiger charge is 2.21. The monoisotopic (exact) mass is 430 g/mol. The maximum Gasteiger partial charge on any atom is 0.255 e. The van der Waals surface area contributed by atoms with Crippen molar-refractivity contribution in [3.05, 3.63) is 60.3 Å². The molecular formula is C22H27ClN4O3. The van der Waals surface area contributed by atoms with Gasteiger partial charge in [0.1, 0.15) is 5.69 Å². The summed E-state index contributed by atoms with van der Waals surface area (Å²) < 4.78 is 12.4. The van der Waals surface area contributed by atoms with Gasteiger partial charge in [-0.2, -0.15) is 5.10 Å². The van der Waals surface area contributed by atoms with Gasteiger partial charge in [-0.15, -0.1) is 12.4 Å². The summed E-state index contributed by atoms with van der Waals surface area (Å²) in [6, 6.07) is 15.1.